The van der Waals surface area contributed by atoms with Crippen molar-refractivity contribution in [1.82, 2.24) is 10.1 Å². The van der Waals surface area contributed by atoms with Crippen LogP contribution in [0.15, 0.2) is 22.7 Å². The molecule has 28 heavy (non-hydrogen) atoms. The topological polar surface area (TPSA) is 55.6 Å². The summed E-state index contributed by atoms with van der Waals surface area (Å²) < 4.78 is 11.5. The number of aromatic nitrogens is 1. The van der Waals surface area contributed by atoms with Gasteiger partial charge in [-0.05, 0) is 50.3 Å². The predicted octanol–water partition coefficient (Wildman–Crippen LogP) is 4.71. The van der Waals surface area contributed by atoms with E-state index in [4.69, 9.17) is 32.5 Å². The Morgan fingerprint density at radius 1 is 1.21 bits per heavy atom. The van der Waals surface area contributed by atoms with Gasteiger partial charge < -0.3 is 9.26 Å². The van der Waals surface area contributed by atoms with Gasteiger partial charge in [0.1, 0.15) is 17.6 Å². The van der Waals surface area contributed by atoms with Crippen molar-refractivity contribution in [2.75, 3.05) is 19.6 Å². The second-order valence-corrected chi connectivity index (χ2v) is 9.00. The number of nitrogens with zero attached hydrogens (tertiary/aromatic N) is 2. The molecule has 2 aromatic rings. The van der Waals surface area contributed by atoms with Crippen LogP contribution in [0.1, 0.15) is 42.9 Å². The smallest absolute Gasteiger partial charge is 0.310 e. The van der Waals surface area contributed by atoms with Crippen molar-refractivity contribution < 1.29 is 14.1 Å². The van der Waals surface area contributed by atoms with Crippen LogP contribution in [-0.4, -0.2) is 41.8 Å². The second kappa shape index (κ2) is 7.36. The van der Waals surface area contributed by atoms with Crippen LogP contribution in [0.5, 0.6) is 0 Å². The van der Waals surface area contributed by atoms with Gasteiger partial charge >= 0.3 is 5.97 Å². The number of hydrogen-bond donors (Lipinski definition) is 0. The van der Waals surface area contributed by atoms with Crippen LogP contribution in [0.2, 0.25) is 10.0 Å². The summed E-state index contributed by atoms with van der Waals surface area (Å²) in [5.41, 5.74) is 1.94. The SMILES string of the molecule is O=C(Cc1c(-c2c(Cl)cccc2Cl)noc1C1CC1)OC1CC2CCN(C2)C1. The molecular formula is C21H22Cl2N2O3. The van der Waals surface area contributed by atoms with Gasteiger partial charge in [-0.15, -0.1) is 0 Å². The molecule has 0 amide bonds. The van der Waals surface area contributed by atoms with E-state index in [0.29, 0.717) is 33.1 Å². The number of carbonyl (C=O) groups excluding carboxylic acids is 1. The number of piperidine rings is 1. The Labute approximate surface area is 173 Å². The number of ether oxygens (including phenoxy) is 1. The summed E-state index contributed by atoms with van der Waals surface area (Å²) in [6.45, 7) is 3.09. The molecular weight excluding hydrogens is 399 g/mol. The number of halogens is 2. The zero-order valence-electron chi connectivity index (χ0n) is 15.5. The van der Waals surface area contributed by atoms with Gasteiger partial charge in [0.25, 0.3) is 0 Å². The molecule has 3 unspecified atom stereocenters. The van der Waals surface area contributed by atoms with Gasteiger partial charge in [0, 0.05) is 30.1 Å². The zero-order valence-corrected chi connectivity index (χ0v) is 17.0. The number of fused-ring (bicyclic) bond motifs is 2. The first kappa shape index (κ1) is 18.5. The molecule has 2 saturated heterocycles. The van der Waals surface area contributed by atoms with Gasteiger partial charge in [0.15, 0.2) is 0 Å². The Kier molecular flexibility index (Phi) is 4.85. The zero-order chi connectivity index (χ0) is 19.3. The minimum atomic E-state index is -0.234. The average molecular weight is 421 g/mol. The Morgan fingerprint density at radius 3 is 2.71 bits per heavy atom. The van der Waals surface area contributed by atoms with Crippen molar-refractivity contribution in [2.24, 2.45) is 5.92 Å². The normalized spacial score (nSPS) is 26.4. The molecule has 3 aliphatic rings. The molecule has 1 aliphatic carbocycles. The number of benzene rings is 1. The van der Waals surface area contributed by atoms with Crippen LogP contribution in [0.4, 0.5) is 0 Å². The highest BCUT2D eigenvalue weighted by Crippen LogP contribution is 2.46. The lowest BCUT2D eigenvalue weighted by atomic mass is 9.98. The monoisotopic (exact) mass is 420 g/mol. The maximum absolute atomic E-state index is 12.8. The lowest BCUT2D eigenvalue weighted by Crippen LogP contribution is -2.39. The van der Waals surface area contributed by atoms with E-state index < -0.39 is 0 Å². The molecule has 148 valence electrons. The first-order valence-corrected chi connectivity index (χ1v) is 10.7. The molecule has 2 bridgehead atoms. The molecule has 1 aromatic heterocycles. The van der Waals surface area contributed by atoms with Crippen LogP contribution >= 0.6 is 23.2 Å². The molecule has 0 radical (unpaired) electrons. The first-order valence-electron chi connectivity index (χ1n) is 9.93. The maximum atomic E-state index is 12.8. The molecule has 1 aromatic carbocycles. The molecule has 3 fully saturated rings. The molecule has 7 heteroatoms. The Balaban J connectivity index is 1.39. The lowest BCUT2D eigenvalue weighted by Gasteiger charge is -2.29. The highest BCUT2D eigenvalue weighted by molar-refractivity contribution is 6.39. The van der Waals surface area contributed by atoms with E-state index in [9.17, 15) is 4.79 Å². The maximum Gasteiger partial charge on any atom is 0.310 e. The quantitative estimate of drug-likeness (QED) is 0.655. The molecule has 0 spiro atoms. The second-order valence-electron chi connectivity index (χ2n) is 8.18. The Morgan fingerprint density at radius 2 is 2.00 bits per heavy atom. The van der Waals surface area contributed by atoms with E-state index in [1.165, 1.54) is 6.42 Å². The molecule has 5 rings (SSSR count). The third-order valence-electron chi connectivity index (χ3n) is 6.01. The highest BCUT2D eigenvalue weighted by atomic mass is 35.5. The standard InChI is InChI=1S/C21H22Cl2N2O3/c22-16-2-1-3-17(23)19(16)20-15(21(28-24-20)13-4-5-13)9-18(26)27-14-8-12-6-7-25(10-12)11-14/h1-3,12-14H,4-11H2. The van der Waals surface area contributed by atoms with Crippen LogP contribution in [-0.2, 0) is 16.0 Å². The van der Waals surface area contributed by atoms with Gasteiger partial charge in [-0.3, -0.25) is 9.69 Å². The summed E-state index contributed by atoms with van der Waals surface area (Å²) in [5.74, 6) is 1.51. The van der Waals surface area contributed by atoms with Crippen molar-refractivity contribution in [3.05, 3.63) is 39.6 Å². The number of esters is 1. The van der Waals surface area contributed by atoms with Gasteiger partial charge in [-0.1, -0.05) is 34.4 Å². The van der Waals surface area contributed by atoms with E-state index in [2.05, 4.69) is 10.1 Å². The van der Waals surface area contributed by atoms with E-state index >= 15 is 0 Å². The third-order valence-corrected chi connectivity index (χ3v) is 6.64. The summed E-state index contributed by atoms with van der Waals surface area (Å²) in [5, 5.41) is 5.23. The molecule has 3 atom stereocenters. The fourth-order valence-electron chi connectivity index (χ4n) is 4.54. The molecule has 5 nitrogen and oxygen atoms in total. The van der Waals surface area contributed by atoms with E-state index in [-0.39, 0.29) is 18.5 Å². The number of rotatable bonds is 5. The average Bonchev–Trinajstić information content (AvgIpc) is 3.34. The van der Waals surface area contributed by atoms with Gasteiger partial charge in [-0.25, -0.2) is 0 Å². The lowest BCUT2D eigenvalue weighted by molar-refractivity contribution is -0.150. The minimum Gasteiger partial charge on any atom is -0.461 e. The van der Waals surface area contributed by atoms with Gasteiger partial charge in [-0.2, -0.15) is 0 Å². The molecule has 3 heterocycles. The van der Waals surface area contributed by atoms with Crippen molar-refractivity contribution in [1.29, 1.82) is 0 Å². The fraction of sp³-hybridized carbons (Fsp3) is 0.524. The van der Waals surface area contributed by atoms with Crippen LogP contribution in [0.3, 0.4) is 0 Å². The van der Waals surface area contributed by atoms with Crippen molar-refractivity contribution in [2.45, 2.75) is 44.1 Å². The van der Waals surface area contributed by atoms with Crippen molar-refractivity contribution in [3.63, 3.8) is 0 Å². The largest absolute Gasteiger partial charge is 0.461 e. The van der Waals surface area contributed by atoms with Gasteiger partial charge in [0.2, 0.25) is 0 Å². The Hall–Kier alpha value is -1.56. The highest BCUT2D eigenvalue weighted by Gasteiger charge is 2.36. The predicted molar refractivity (Wildman–Crippen MR) is 107 cm³/mol. The van der Waals surface area contributed by atoms with Gasteiger partial charge in [0.05, 0.1) is 16.5 Å². The molecule has 0 N–H and O–H groups in total. The van der Waals surface area contributed by atoms with Crippen molar-refractivity contribution >= 4 is 29.2 Å². The first-order chi connectivity index (χ1) is 13.6. The van der Waals surface area contributed by atoms with Crippen LogP contribution in [0, 0.1) is 5.92 Å². The summed E-state index contributed by atoms with van der Waals surface area (Å²) >= 11 is 12.8. The third kappa shape index (κ3) is 3.56. The van der Waals surface area contributed by atoms with Crippen LogP contribution in [0.25, 0.3) is 11.3 Å². The van der Waals surface area contributed by atoms with E-state index in [0.717, 1.165) is 50.2 Å². The van der Waals surface area contributed by atoms with Crippen molar-refractivity contribution in [3.8, 4) is 11.3 Å². The molecule has 2 aliphatic heterocycles. The number of carbonyl (C=O) groups is 1. The number of hydrogen-bond acceptors (Lipinski definition) is 5. The summed E-state index contributed by atoms with van der Waals surface area (Å²) in [7, 11) is 0. The summed E-state index contributed by atoms with van der Waals surface area (Å²) in [4.78, 5) is 15.2. The van der Waals surface area contributed by atoms with E-state index in [1.807, 2.05) is 0 Å². The van der Waals surface area contributed by atoms with Crippen LogP contribution < -0.4 is 0 Å². The van der Waals surface area contributed by atoms with E-state index in [1.54, 1.807) is 18.2 Å². The summed E-state index contributed by atoms with van der Waals surface area (Å²) in [6, 6.07) is 5.32. The molecule has 1 saturated carbocycles. The Bertz CT molecular complexity index is 877. The fourth-order valence-corrected chi connectivity index (χ4v) is 5.12. The summed E-state index contributed by atoms with van der Waals surface area (Å²) in [6.07, 6.45) is 4.38. The minimum absolute atomic E-state index is 0.0228.